The highest BCUT2D eigenvalue weighted by Gasteiger charge is 2.24. The van der Waals surface area contributed by atoms with Crippen molar-refractivity contribution in [3.63, 3.8) is 0 Å². The lowest BCUT2D eigenvalue weighted by Gasteiger charge is -2.29. The molecule has 2 atom stereocenters. The van der Waals surface area contributed by atoms with Gasteiger partial charge in [0.25, 0.3) is 0 Å². The van der Waals surface area contributed by atoms with E-state index in [0.29, 0.717) is 32.7 Å². The van der Waals surface area contributed by atoms with E-state index in [-0.39, 0.29) is 17.9 Å². The van der Waals surface area contributed by atoms with Crippen molar-refractivity contribution in [2.24, 2.45) is 5.84 Å². The lowest BCUT2D eigenvalue weighted by molar-refractivity contribution is -0.102. The SMILES string of the molecule is CS(=O)(=O)CCCC(NN)C1COCCO1. The van der Waals surface area contributed by atoms with Crippen LogP contribution in [0.2, 0.25) is 0 Å². The molecule has 0 bridgehead atoms. The maximum atomic E-state index is 11.0. The predicted molar refractivity (Wildman–Crippen MR) is 60.6 cm³/mol. The fourth-order valence-electron chi connectivity index (χ4n) is 1.68. The summed E-state index contributed by atoms with van der Waals surface area (Å²) in [6.45, 7) is 1.68. The van der Waals surface area contributed by atoms with Gasteiger partial charge in [0.1, 0.15) is 9.84 Å². The fraction of sp³-hybridized carbons (Fsp3) is 1.00. The second kappa shape index (κ2) is 6.51. The lowest BCUT2D eigenvalue weighted by atomic mass is 10.1. The number of hydrogen-bond donors (Lipinski definition) is 2. The van der Waals surface area contributed by atoms with E-state index in [1.54, 1.807) is 0 Å². The van der Waals surface area contributed by atoms with Gasteiger partial charge in [-0.15, -0.1) is 0 Å². The first-order valence-corrected chi connectivity index (χ1v) is 7.42. The number of nitrogens with two attached hydrogens (primary N) is 1. The van der Waals surface area contributed by atoms with Gasteiger partial charge in [0.2, 0.25) is 0 Å². The van der Waals surface area contributed by atoms with Crippen molar-refractivity contribution < 1.29 is 17.9 Å². The van der Waals surface area contributed by atoms with Crippen LogP contribution in [-0.2, 0) is 19.3 Å². The van der Waals surface area contributed by atoms with Crippen molar-refractivity contribution in [1.82, 2.24) is 5.43 Å². The Morgan fingerprint density at radius 3 is 2.75 bits per heavy atom. The minimum atomic E-state index is -2.90. The summed E-state index contributed by atoms with van der Waals surface area (Å²) in [5.41, 5.74) is 2.66. The van der Waals surface area contributed by atoms with E-state index in [1.165, 1.54) is 6.26 Å². The second-order valence-corrected chi connectivity index (χ2v) is 6.29. The summed E-state index contributed by atoms with van der Waals surface area (Å²) >= 11 is 0. The molecule has 96 valence electrons. The zero-order valence-corrected chi connectivity index (χ0v) is 10.3. The molecule has 6 nitrogen and oxygen atoms in total. The molecule has 0 spiro atoms. The molecule has 1 rings (SSSR count). The Labute approximate surface area is 96.4 Å². The monoisotopic (exact) mass is 252 g/mol. The summed E-state index contributed by atoms with van der Waals surface area (Å²) in [4.78, 5) is 0. The highest BCUT2D eigenvalue weighted by atomic mass is 32.2. The van der Waals surface area contributed by atoms with Crippen molar-refractivity contribution >= 4 is 9.84 Å². The summed E-state index contributed by atoms with van der Waals surface area (Å²) in [5, 5.41) is 0. The first-order valence-electron chi connectivity index (χ1n) is 5.36. The molecule has 3 N–H and O–H groups in total. The molecule has 1 fully saturated rings. The third-order valence-electron chi connectivity index (χ3n) is 2.53. The molecule has 16 heavy (non-hydrogen) atoms. The van der Waals surface area contributed by atoms with Gasteiger partial charge in [0.05, 0.1) is 25.9 Å². The van der Waals surface area contributed by atoms with Gasteiger partial charge in [0, 0.05) is 18.1 Å². The number of hydrazine groups is 1. The molecule has 0 aromatic heterocycles. The van der Waals surface area contributed by atoms with Gasteiger partial charge in [-0.25, -0.2) is 8.42 Å². The average Bonchev–Trinajstić information content (AvgIpc) is 2.24. The third-order valence-corrected chi connectivity index (χ3v) is 3.57. The van der Waals surface area contributed by atoms with Crippen molar-refractivity contribution in [3.8, 4) is 0 Å². The van der Waals surface area contributed by atoms with Crippen LogP contribution >= 0.6 is 0 Å². The van der Waals surface area contributed by atoms with E-state index in [2.05, 4.69) is 5.43 Å². The maximum Gasteiger partial charge on any atom is 0.147 e. The van der Waals surface area contributed by atoms with Crippen molar-refractivity contribution in [3.05, 3.63) is 0 Å². The van der Waals surface area contributed by atoms with Gasteiger partial charge in [-0.3, -0.25) is 11.3 Å². The van der Waals surface area contributed by atoms with Crippen LogP contribution in [0.25, 0.3) is 0 Å². The lowest BCUT2D eigenvalue weighted by Crippen LogP contribution is -2.49. The van der Waals surface area contributed by atoms with Crippen molar-refractivity contribution in [2.45, 2.75) is 25.0 Å². The number of ether oxygens (including phenoxy) is 2. The van der Waals surface area contributed by atoms with Crippen molar-refractivity contribution in [1.29, 1.82) is 0 Å². The third kappa shape index (κ3) is 5.22. The molecule has 1 aliphatic heterocycles. The highest BCUT2D eigenvalue weighted by molar-refractivity contribution is 7.90. The molecule has 2 unspecified atom stereocenters. The number of hydrogen-bond acceptors (Lipinski definition) is 6. The molecule has 0 saturated carbocycles. The normalized spacial score (nSPS) is 24.2. The number of rotatable bonds is 6. The number of sulfone groups is 1. The van der Waals surface area contributed by atoms with Crippen LogP contribution in [0.15, 0.2) is 0 Å². The van der Waals surface area contributed by atoms with E-state index in [9.17, 15) is 8.42 Å². The minimum absolute atomic E-state index is 0.0537. The average molecular weight is 252 g/mol. The molecule has 0 amide bonds. The Bertz CT molecular complexity index is 288. The van der Waals surface area contributed by atoms with Crippen LogP contribution < -0.4 is 11.3 Å². The Morgan fingerprint density at radius 2 is 2.25 bits per heavy atom. The standard InChI is InChI=1S/C9H20N2O4S/c1-16(12,13)6-2-3-8(11-10)9-7-14-4-5-15-9/h8-9,11H,2-7,10H2,1H3. The molecular formula is C9H20N2O4S. The first-order chi connectivity index (χ1) is 7.53. The van der Waals surface area contributed by atoms with Gasteiger partial charge in [-0.1, -0.05) is 0 Å². The topological polar surface area (TPSA) is 90.7 Å². The quantitative estimate of drug-likeness (QED) is 0.468. The Hall–Kier alpha value is -0.210. The molecule has 0 aromatic carbocycles. The molecule has 7 heteroatoms. The molecule has 0 aliphatic carbocycles. The summed E-state index contributed by atoms with van der Waals surface area (Å²) in [5.74, 6) is 5.60. The molecule has 0 radical (unpaired) electrons. The van der Waals surface area contributed by atoms with Gasteiger partial charge in [0.15, 0.2) is 0 Å². The van der Waals surface area contributed by atoms with Crippen LogP contribution in [0.4, 0.5) is 0 Å². The summed E-state index contributed by atoms with van der Waals surface area (Å²) in [6, 6.07) is -0.0537. The van der Waals surface area contributed by atoms with Crippen LogP contribution in [0.5, 0.6) is 0 Å². The molecule has 1 heterocycles. The predicted octanol–water partition coefficient (Wildman–Crippen LogP) is -0.941. The summed E-state index contributed by atoms with van der Waals surface area (Å²) in [7, 11) is -2.90. The highest BCUT2D eigenvalue weighted by Crippen LogP contribution is 2.10. The Kier molecular flexibility index (Phi) is 5.63. The summed E-state index contributed by atoms with van der Waals surface area (Å²) < 4.78 is 32.7. The van der Waals surface area contributed by atoms with Crippen molar-refractivity contribution in [2.75, 3.05) is 31.8 Å². The number of nitrogens with one attached hydrogen (secondary N) is 1. The zero-order chi connectivity index (χ0) is 12.0. The van der Waals surface area contributed by atoms with E-state index in [4.69, 9.17) is 15.3 Å². The van der Waals surface area contributed by atoms with Crippen LogP contribution in [0.1, 0.15) is 12.8 Å². The van der Waals surface area contributed by atoms with Crippen LogP contribution in [0.3, 0.4) is 0 Å². The van der Waals surface area contributed by atoms with E-state index in [1.807, 2.05) is 0 Å². The summed E-state index contributed by atoms with van der Waals surface area (Å²) in [6.07, 6.45) is 2.39. The van der Waals surface area contributed by atoms with E-state index < -0.39 is 9.84 Å². The van der Waals surface area contributed by atoms with E-state index >= 15 is 0 Å². The van der Waals surface area contributed by atoms with Gasteiger partial charge in [-0.2, -0.15) is 0 Å². The second-order valence-electron chi connectivity index (χ2n) is 4.03. The van der Waals surface area contributed by atoms with Crippen LogP contribution in [-0.4, -0.2) is 52.4 Å². The molecule has 0 aromatic rings. The largest absolute Gasteiger partial charge is 0.376 e. The molecular weight excluding hydrogens is 232 g/mol. The smallest absolute Gasteiger partial charge is 0.147 e. The molecule has 1 aliphatic rings. The van der Waals surface area contributed by atoms with Gasteiger partial charge >= 0.3 is 0 Å². The van der Waals surface area contributed by atoms with E-state index in [0.717, 1.165) is 0 Å². The first kappa shape index (κ1) is 13.9. The molecule has 1 saturated heterocycles. The minimum Gasteiger partial charge on any atom is -0.376 e. The van der Waals surface area contributed by atoms with Gasteiger partial charge in [-0.05, 0) is 12.8 Å². The maximum absolute atomic E-state index is 11.0. The Morgan fingerprint density at radius 1 is 1.50 bits per heavy atom. The van der Waals surface area contributed by atoms with Gasteiger partial charge < -0.3 is 9.47 Å². The fourth-order valence-corrected chi connectivity index (χ4v) is 2.37. The zero-order valence-electron chi connectivity index (χ0n) is 9.52. The van der Waals surface area contributed by atoms with Crippen LogP contribution in [0, 0.1) is 0 Å². The Balaban J connectivity index is 2.30.